The van der Waals surface area contributed by atoms with E-state index in [2.05, 4.69) is 43.2 Å². The molecular formula is C26H37N3O3S. The lowest BCUT2D eigenvalue weighted by atomic mass is 9.83. The fourth-order valence-corrected chi connectivity index (χ4v) is 5.31. The summed E-state index contributed by atoms with van der Waals surface area (Å²) in [5.74, 6) is -0.249. The van der Waals surface area contributed by atoms with Crippen LogP contribution in [0.25, 0.3) is 10.4 Å². The first-order valence-corrected chi connectivity index (χ1v) is 12.7. The number of unbranched alkanes of at least 4 members (excludes halogenated alkanes) is 1. The standard InChI is InChI=1S/C26H37N3O3S/c1-6-7-10-26(4,5)13-23(31)29-15-21(30)12-22(29)25(32)27-14-20-9-8-19(11-17(20)2)24-18(3)28-16-33-24/h8-9,11,16,21-22,30H,6-7,10,12-15H2,1-5H3,(H,27,32)/t21-,22+/m1/s1. The number of likely N-dealkylation sites (tertiary alicyclic amines) is 1. The number of aliphatic hydroxyl groups is 1. The number of hydrogen-bond donors (Lipinski definition) is 2. The molecule has 1 saturated heterocycles. The number of nitrogens with zero attached hydrogens (tertiary/aromatic N) is 2. The minimum absolute atomic E-state index is 0.0479. The molecule has 0 bridgehead atoms. The highest BCUT2D eigenvalue weighted by atomic mass is 32.1. The number of rotatable bonds is 9. The van der Waals surface area contributed by atoms with Crippen LogP contribution in [0.4, 0.5) is 0 Å². The molecule has 2 aromatic rings. The third-order valence-corrected chi connectivity index (χ3v) is 7.52. The van der Waals surface area contributed by atoms with Gasteiger partial charge < -0.3 is 15.3 Å². The topological polar surface area (TPSA) is 82.5 Å². The van der Waals surface area contributed by atoms with Crippen molar-refractivity contribution in [1.29, 1.82) is 0 Å². The van der Waals surface area contributed by atoms with Crippen molar-refractivity contribution < 1.29 is 14.7 Å². The van der Waals surface area contributed by atoms with E-state index >= 15 is 0 Å². The molecule has 7 heteroatoms. The summed E-state index contributed by atoms with van der Waals surface area (Å²) in [6.07, 6.45) is 3.16. The van der Waals surface area contributed by atoms with Crippen LogP contribution in [0.15, 0.2) is 23.7 Å². The van der Waals surface area contributed by atoms with Crippen molar-refractivity contribution in [2.24, 2.45) is 5.41 Å². The Morgan fingerprint density at radius 1 is 1.30 bits per heavy atom. The fourth-order valence-electron chi connectivity index (χ4n) is 4.51. The number of hydrogen-bond acceptors (Lipinski definition) is 5. The smallest absolute Gasteiger partial charge is 0.243 e. The van der Waals surface area contributed by atoms with E-state index < -0.39 is 12.1 Å². The molecule has 0 radical (unpaired) electrons. The van der Waals surface area contributed by atoms with E-state index in [1.165, 1.54) is 0 Å². The average molecular weight is 472 g/mol. The number of β-amino-alcohol motifs (C(OH)–C–C–N with tert-alkyl or cyclic N) is 1. The molecule has 2 atom stereocenters. The van der Waals surface area contributed by atoms with E-state index in [1.54, 1.807) is 16.2 Å². The molecule has 6 nitrogen and oxygen atoms in total. The van der Waals surface area contributed by atoms with Crippen molar-refractivity contribution in [3.8, 4) is 10.4 Å². The zero-order chi connectivity index (χ0) is 24.2. The minimum Gasteiger partial charge on any atom is -0.391 e. The summed E-state index contributed by atoms with van der Waals surface area (Å²) in [6.45, 7) is 11.0. The third kappa shape index (κ3) is 6.42. The Labute approximate surface area is 201 Å². The Morgan fingerprint density at radius 3 is 2.70 bits per heavy atom. The van der Waals surface area contributed by atoms with E-state index in [1.807, 2.05) is 25.4 Å². The van der Waals surface area contributed by atoms with Gasteiger partial charge in [0.15, 0.2) is 0 Å². The van der Waals surface area contributed by atoms with Gasteiger partial charge in [-0.25, -0.2) is 4.98 Å². The van der Waals surface area contributed by atoms with Crippen LogP contribution in [-0.2, 0) is 16.1 Å². The Hall–Kier alpha value is -2.25. The van der Waals surface area contributed by atoms with Crippen molar-refractivity contribution in [2.45, 2.75) is 85.4 Å². The zero-order valence-corrected chi connectivity index (χ0v) is 21.3. The first kappa shape index (κ1) is 25.4. The molecular weight excluding hydrogens is 434 g/mol. The number of aryl methyl sites for hydroxylation is 2. The maximum absolute atomic E-state index is 13.0. The first-order chi connectivity index (χ1) is 15.6. The number of aromatic nitrogens is 1. The van der Waals surface area contributed by atoms with E-state index in [-0.39, 0.29) is 30.2 Å². The second-order valence-electron chi connectivity index (χ2n) is 10.0. The quantitative estimate of drug-likeness (QED) is 0.559. The SMILES string of the molecule is CCCCC(C)(C)CC(=O)N1C[C@H](O)C[C@H]1C(=O)NCc1ccc(-c2scnc2C)cc1C. The van der Waals surface area contributed by atoms with Gasteiger partial charge in [-0.15, -0.1) is 11.3 Å². The molecule has 1 aliphatic rings. The van der Waals surface area contributed by atoms with Gasteiger partial charge in [-0.2, -0.15) is 0 Å². The van der Waals surface area contributed by atoms with Crippen LogP contribution in [0.5, 0.6) is 0 Å². The number of nitrogens with one attached hydrogen (secondary N) is 1. The summed E-state index contributed by atoms with van der Waals surface area (Å²) >= 11 is 1.62. The largest absolute Gasteiger partial charge is 0.391 e. The maximum Gasteiger partial charge on any atom is 0.243 e. The minimum atomic E-state index is -0.660. The van der Waals surface area contributed by atoms with Gasteiger partial charge in [0.1, 0.15) is 6.04 Å². The molecule has 1 aromatic heterocycles. The number of carbonyl (C=O) groups excluding carboxylic acids is 2. The lowest BCUT2D eigenvalue weighted by Crippen LogP contribution is -2.46. The Morgan fingerprint density at radius 2 is 2.06 bits per heavy atom. The van der Waals surface area contributed by atoms with Gasteiger partial charge in [0, 0.05) is 25.9 Å². The van der Waals surface area contributed by atoms with Crippen molar-refractivity contribution in [3.05, 3.63) is 40.5 Å². The number of aliphatic hydroxyl groups excluding tert-OH is 1. The van der Waals surface area contributed by atoms with Crippen molar-refractivity contribution in [1.82, 2.24) is 15.2 Å². The summed E-state index contributed by atoms with van der Waals surface area (Å²) in [5, 5.41) is 13.2. The lowest BCUT2D eigenvalue weighted by molar-refractivity contribution is -0.140. The monoisotopic (exact) mass is 471 g/mol. The van der Waals surface area contributed by atoms with Crippen LogP contribution in [0, 0.1) is 19.3 Å². The molecule has 1 aromatic carbocycles. The van der Waals surface area contributed by atoms with Gasteiger partial charge in [-0.3, -0.25) is 9.59 Å². The fraction of sp³-hybridized carbons (Fsp3) is 0.577. The van der Waals surface area contributed by atoms with Crippen molar-refractivity contribution >= 4 is 23.2 Å². The summed E-state index contributed by atoms with van der Waals surface area (Å²) < 4.78 is 0. The van der Waals surface area contributed by atoms with Crippen molar-refractivity contribution in [3.63, 3.8) is 0 Å². The molecule has 2 heterocycles. The van der Waals surface area contributed by atoms with E-state index in [0.717, 1.165) is 46.5 Å². The van der Waals surface area contributed by atoms with Gasteiger partial charge in [-0.05, 0) is 42.4 Å². The Balaban J connectivity index is 1.63. The van der Waals surface area contributed by atoms with Crippen LogP contribution in [0.3, 0.4) is 0 Å². The van der Waals surface area contributed by atoms with Crippen LogP contribution in [0.2, 0.25) is 0 Å². The van der Waals surface area contributed by atoms with E-state index in [0.29, 0.717) is 13.0 Å². The molecule has 180 valence electrons. The van der Waals surface area contributed by atoms with Gasteiger partial charge in [-0.1, -0.05) is 51.8 Å². The van der Waals surface area contributed by atoms with Gasteiger partial charge >= 0.3 is 0 Å². The molecule has 0 unspecified atom stereocenters. The summed E-state index contributed by atoms with van der Waals surface area (Å²) in [6, 6.07) is 5.60. The molecule has 33 heavy (non-hydrogen) atoms. The average Bonchev–Trinajstić information content (AvgIpc) is 3.36. The molecule has 1 aliphatic heterocycles. The molecule has 3 rings (SSSR count). The van der Waals surface area contributed by atoms with Gasteiger partial charge in [0.05, 0.1) is 22.2 Å². The second-order valence-corrected chi connectivity index (χ2v) is 10.9. The predicted octanol–water partition coefficient (Wildman–Crippen LogP) is 4.61. The third-order valence-electron chi connectivity index (χ3n) is 6.54. The summed E-state index contributed by atoms with van der Waals surface area (Å²) in [4.78, 5) is 33.1. The zero-order valence-electron chi connectivity index (χ0n) is 20.5. The lowest BCUT2D eigenvalue weighted by Gasteiger charge is -2.29. The van der Waals surface area contributed by atoms with Crippen LogP contribution < -0.4 is 5.32 Å². The molecule has 1 fully saturated rings. The highest BCUT2D eigenvalue weighted by Gasteiger charge is 2.40. The maximum atomic E-state index is 13.0. The summed E-state index contributed by atoms with van der Waals surface area (Å²) in [7, 11) is 0. The number of amides is 2. The Bertz CT molecular complexity index is 985. The number of thiazole rings is 1. The second kappa shape index (κ2) is 10.8. The highest BCUT2D eigenvalue weighted by Crippen LogP contribution is 2.31. The van der Waals surface area contributed by atoms with Crippen LogP contribution in [-0.4, -0.2) is 45.5 Å². The van der Waals surface area contributed by atoms with Gasteiger partial charge in [0.2, 0.25) is 11.8 Å². The molecule has 0 saturated carbocycles. The molecule has 0 aliphatic carbocycles. The normalized spacial score (nSPS) is 18.5. The number of benzene rings is 1. The summed E-state index contributed by atoms with van der Waals surface area (Å²) in [5.41, 5.74) is 6.01. The molecule has 2 amide bonds. The van der Waals surface area contributed by atoms with Crippen molar-refractivity contribution in [2.75, 3.05) is 6.54 Å². The Kier molecular flexibility index (Phi) is 8.29. The van der Waals surface area contributed by atoms with Gasteiger partial charge in [0.25, 0.3) is 0 Å². The van der Waals surface area contributed by atoms with Crippen LogP contribution >= 0.6 is 11.3 Å². The van der Waals surface area contributed by atoms with Crippen LogP contribution in [0.1, 0.15) is 69.7 Å². The van der Waals surface area contributed by atoms with E-state index in [4.69, 9.17) is 0 Å². The molecule has 0 spiro atoms. The number of carbonyl (C=O) groups is 2. The highest BCUT2D eigenvalue weighted by molar-refractivity contribution is 7.13. The first-order valence-electron chi connectivity index (χ1n) is 11.9. The van der Waals surface area contributed by atoms with E-state index in [9.17, 15) is 14.7 Å². The predicted molar refractivity (Wildman–Crippen MR) is 133 cm³/mol. The molecule has 2 N–H and O–H groups in total.